The summed E-state index contributed by atoms with van der Waals surface area (Å²) in [5.41, 5.74) is 1.59. The van der Waals surface area contributed by atoms with Crippen molar-refractivity contribution in [1.82, 2.24) is 15.4 Å². The van der Waals surface area contributed by atoms with Crippen LogP contribution in [0.1, 0.15) is 57.1 Å². The monoisotopic (exact) mass is 635 g/mol. The molecule has 2 rings (SSSR count). The van der Waals surface area contributed by atoms with Crippen LogP contribution in [0.5, 0.6) is 5.75 Å². The molecule has 43 heavy (non-hydrogen) atoms. The predicted molar refractivity (Wildman–Crippen MR) is 165 cm³/mol. The molecule has 13 heteroatoms. The van der Waals surface area contributed by atoms with E-state index in [0.29, 0.717) is 29.7 Å². The molecule has 4 N–H and O–H groups in total. The minimum absolute atomic E-state index is 0.0161. The molecule has 0 aliphatic rings. The zero-order valence-electron chi connectivity index (χ0n) is 24.8. The van der Waals surface area contributed by atoms with Crippen molar-refractivity contribution in [3.05, 3.63) is 59.7 Å². The summed E-state index contributed by atoms with van der Waals surface area (Å²) in [6.45, 7) is 5.70. The molecule has 2 unspecified atom stereocenters. The first-order valence-corrected chi connectivity index (χ1v) is 16.5. The molecule has 11 nitrogen and oxygen atoms in total. The quantitative estimate of drug-likeness (QED) is 0.170. The van der Waals surface area contributed by atoms with Crippen LogP contribution in [0.15, 0.2) is 53.4 Å². The minimum Gasteiger partial charge on any atom is -0.494 e. The highest BCUT2D eigenvalue weighted by atomic mass is 32.2. The number of aliphatic carboxylic acids is 1. The molecule has 0 aliphatic carbocycles. The van der Waals surface area contributed by atoms with Crippen molar-refractivity contribution in [3.8, 4) is 5.75 Å². The Morgan fingerprint density at radius 3 is 2.12 bits per heavy atom. The predicted octanol–water partition coefficient (Wildman–Crippen LogP) is 3.20. The highest BCUT2D eigenvalue weighted by Gasteiger charge is 2.27. The van der Waals surface area contributed by atoms with Crippen LogP contribution in [-0.2, 0) is 35.6 Å². The second-order valence-corrected chi connectivity index (χ2v) is 13.1. The average molecular weight is 636 g/mol. The molecule has 2 amide bonds. The molecular weight excluding hydrogens is 594 g/mol. The summed E-state index contributed by atoms with van der Waals surface area (Å²) >= 11 is 0.615. The summed E-state index contributed by atoms with van der Waals surface area (Å²) in [6, 6.07) is 12.2. The van der Waals surface area contributed by atoms with E-state index in [-0.39, 0.29) is 24.4 Å². The third kappa shape index (κ3) is 13.6. The molecule has 0 aliphatic heterocycles. The summed E-state index contributed by atoms with van der Waals surface area (Å²) in [5, 5.41) is 12.6. The van der Waals surface area contributed by atoms with E-state index >= 15 is 0 Å². The van der Waals surface area contributed by atoms with Gasteiger partial charge in [0.15, 0.2) is 5.12 Å². The molecule has 0 saturated carbocycles. The van der Waals surface area contributed by atoms with Crippen molar-refractivity contribution in [2.45, 2.75) is 75.5 Å². The van der Waals surface area contributed by atoms with E-state index < -0.39 is 50.6 Å². The molecule has 2 aromatic carbocycles. The van der Waals surface area contributed by atoms with Crippen LogP contribution in [0.4, 0.5) is 0 Å². The van der Waals surface area contributed by atoms with Crippen LogP contribution in [0.25, 0.3) is 0 Å². The van der Waals surface area contributed by atoms with Gasteiger partial charge in [0.25, 0.3) is 0 Å². The number of aryl methyl sites for hydroxylation is 1. The zero-order chi connectivity index (χ0) is 31.8. The second kappa shape index (κ2) is 18.3. The smallest absolute Gasteiger partial charge is 0.305 e. The number of carboxylic acid groups (broad SMARTS) is 1. The number of benzene rings is 2. The number of unbranched alkanes of at least 4 members (excludes halogenated alkanes) is 3. The Balaban J connectivity index is 2.07. The minimum atomic E-state index is -4.04. The number of carbonyl (C=O) groups is 4. The molecule has 0 spiro atoms. The fourth-order valence-corrected chi connectivity index (χ4v) is 6.00. The van der Waals surface area contributed by atoms with Gasteiger partial charge in [0.2, 0.25) is 21.8 Å². The van der Waals surface area contributed by atoms with Crippen LogP contribution in [0, 0.1) is 6.92 Å². The third-order valence-electron chi connectivity index (χ3n) is 6.26. The Hall–Kier alpha value is -3.42. The van der Waals surface area contributed by atoms with Gasteiger partial charge in [0, 0.05) is 20.0 Å². The Bertz CT molecular complexity index is 1300. The molecule has 2 atom stereocenters. The van der Waals surface area contributed by atoms with Gasteiger partial charge in [-0.15, -0.1) is 0 Å². The van der Waals surface area contributed by atoms with E-state index in [4.69, 9.17) is 9.84 Å². The number of thioether (sulfide) groups is 1. The summed E-state index contributed by atoms with van der Waals surface area (Å²) in [4.78, 5) is 48.0. The Morgan fingerprint density at radius 1 is 0.907 bits per heavy atom. The lowest BCUT2D eigenvalue weighted by molar-refractivity contribution is -0.138. The van der Waals surface area contributed by atoms with Gasteiger partial charge >= 0.3 is 5.97 Å². The van der Waals surface area contributed by atoms with E-state index in [2.05, 4.69) is 22.3 Å². The molecule has 0 saturated heterocycles. The first-order chi connectivity index (χ1) is 20.4. The summed E-state index contributed by atoms with van der Waals surface area (Å²) in [7, 11) is -4.04. The van der Waals surface area contributed by atoms with Crippen LogP contribution in [-0.4, -0.2) is 67.4 Å². The largest absolute Gasteiger partial charge is 0.494 e. The summed E-state index contributed by atoms with van der Waals surface area (Å²) in [6.07, 6.45) is 3.86. The van der Waals surface area contributed by atoms with E-state index in [9.17, 15) is 27.6 Å². The van der Waals surface area contributed by atoms with Crippen LogP contribution in [0.3, 0.4) is 0 Å². The van der Waals surface area contributed by atoms with Crippen molar-refractivity contribution in [1.29, 1.82) is 0 Å². The maximum atomic E-state index is 13.2. The normalized spacial score (nSPS) is 12.6. The topological polar surface area (TPSA) is 168 Å². The van der Waals surface area contributed by atoms with Crippen molar-refractivity contribution >= 4 is 44.7 Å². The SMILES string of the molecule is CCCCCCOc1ccc(CC(NS(=O)(=O)c2ccc(C)cc2)C(=O)NCCNC(=O)C(CC(=O)O)SC(C)=O)cc1. The average Bonchev–Trinajstić information content (AvgIpc) is 2.94. The Morgan fingerprint density at radius 2 is 1.53 bits per heavy atom. The lowest BCUT2D eigenvalue weighted by Gasteiger charge is -2.19. The van der Waals surface area contributed by atoms with Crippen LogP contribution in [0.2, 0.25) is 0 Å². The molecule has 0 heterocycles. The van der Waals surface area contributed by atoms with Gasteiger partial charge in [-0.1, -0.05) is 67.8 Å². The third-order valence-corrected chi connectivity index (χ3v) is 8.74. The van der Waals surface area contributed by atoms with E-state index in [1.165, 1.54) is 19.1 Å². The lowest BCUT2D eigenvalue weighted by atomic mass is 10.1. The second-order valence-electron chi connectivity index (χ2n) is 10.0. The number of rotatable bonds is 19. The molecular formula is C30H41N3O8S2. The Labute approximate surface area is 257 Å². The maximum absolute atomic E-state index is 13.2. The number of amides is 2. The van der Waals surface area contributed by atoms with Crippen molar-refractivity contribution < 1.29 is 37.4 Å². The number of carboxylic acids is 1. The van der Waals surface area contributed by atoms with Gasteiger partial charge in [0.1, 0.15) is 17.0 Å². The molecule has 0 aromatic heterocycles. The number of sulfonamides is 1. The van der Waals surface area contributed by atoms with Gasteiger partial charge in [-0.2, -0.15) is 4.72 Å². The number of carbonyl (C=O) groups excluding carboxylic acids is 3. The van der Waals surface area contributed by atoms with E-state index in [1.807, 2.05) is 6.92 Å². The number of nitrogens with one attached hydrogen (secondary N) is 3. The zero-order valence-corrected chi connectivity index (χ0v) is 26.4. The molecule has 0 radical (unpaired) electrons. The number of hydrogen-bond acceptors (Lipinski definition) is 8. The first-order valence-electron chi connectivity index (χ1n) is 14.2. The fourth-order valence-electron chi connectivity index (χ4n) is 3.99. The van der Waals surface area contributed by atoms with E-state index in [1.54, 1.807) is 36.4 Å². The van der Waals surface area contributed by atoms with Gasteiger partial charge in [-0.05, 0) is 49.6 Å². The van der Waals surface area contributed by atoms with Gasteiger partial charge in [-0.25, -0.2) is 8.42 Å². The lowest BCUT2D eigenvalue weighted by Crippen LogP contribution is -2.49. The first kappa shape index (κ1) is 35.8. The Kier molecular flexibility index (Phi) is 15.2. The highest BCUT2D eigenvalue weighted by Crippen LogP contribution is 2.17. The van der Waals surface area contributed by atoms with Gasteiger partial charge < -0.3 is 20.5 Å². The van der Waals surface area contributed by atoms with Gasteiger partial charge in [-0.3, -0.25) is 19.2 Å². The molecule has 236 valence electrons. The maximum Gasteiger partial charge on any atom is 0.305 e. The van der Waals surface area contributed by atoms with Crippen LogP contribution < -0.4 is 20.1 Å². The van der Waals surface area contributed by atoms with Crippen molar-refractivity contribution in [3.63, 3.8) is 0 Å². The standard InChI is InChI=1S/C30H41N3O8S2/c1-4-5-6-7-18-41-24-12-10-23(11-13-24)19-26(33-43(39,40)25-14-8-21(2)9-15-25)29(37)31-16-17-32-30(38)27(20-28(35)36)42-22(3)34/h8-15,26-27,33H,4-7,16-20H2,1-3H3,(H,31,37)(H,32,38)(H,35,36). The van der Waals surface area contributed by atoms with Crippen molar-refractivity contribution in [2.24, 2.45) is 0 Å². The fraction of sp³-hybridized carbons (Fsp3) is 0.467. The highest BCUT2D eigenvalue weighted by molar-refractivity contribution is 8.14. The summed E-state index contributed by atoms with van der Waals surface area (Å²) < 4.78 is 34.5. The van der Waals surface area contributed by atoms with Crippen LogP contribution >= 0.6 is 11.8 Å². The van der Waals surface area contributed by atoms with Gasteiger partial charge in [0.05, 0.1) is 17.9 Å². The van der Waals surface area contributed by atoms with E-state index in [0.717, 1.165) is 31.2 Å². The molecule has 0 bridgehead atoms. The summed E-state index contributed by atoms with van der Waals surface area (Å²) in [5.74, 6) is -1.80. The number of ether oxygens (including phenoxy) is 1. The van der Waals surface area contributed by atoms with Crippen molar-refractivity contribution in [2.75, 3.05) is 19.7 Å². The molecule has 0 fully saturated rings. The number of hydrogen-bond donors (Lipinski definition) is 4. The molecule has 2 aromatic rings.